The van der Waals surface area contributed by atoms with E-state index in [1.165, 1.54) is 54.7 Å². The molecule has 1 aromatic heterocycles. The van der Waals surface area contributed by atoms with Crippen LogP contribution in [-0.4, -0.2) is 43.7 Å². The normalized spacial score (nSPS) is 15.5. The highest BCUT2D eigenvalue weighted by Gasteiger charge is 2.37. The molecule has 2 heterocycles. The third kappa shape index (κ3) is 6.88. The van der Waals surface area contributed by atoms with Crippen molar-refractivity contribution in [1.29, 1.82) is 0 Å². The maximum Gasteiger partial charge on any atom is 0.417 e. The van der Waals surface area contributed by atoms with Gasteiger partial charge >= 0.3 is 12.1 Å². The number of carboxylic acid groups (broad SMARTS) is 1. The van der Waals surface area contributed by atoms with Crippen molar-refractivity contribution >= 4 is 57.0 Å². The molecule has 0 bridgehead atoms. The highest BCUT2D eigenvalue weighted by atomic mass is 35.5. The Morgan fingerprint density at radius 3 is 2.66 bits per heavy atom. The molecule has 1 unspecified atom stereocenters. The summed E-state index contributed by atoms with van der Waals surface area (Å²) in [6, 6.07) is 9.04. The minimum absolute atomic E-state index is 0.0152. The highest BCUT2D eigenvalue weighted by Crippen LogP contribution is 2.41. The molecule has 0 fully saturated rings. The molecule has 41 heavy (non-hydrogen) atoms. The first-order valence-corrected chi connectivity index (χ1v) is 14.4. The predicted octanol–water partition coefficient (Wildman–Crippen LogP) is 6.80. The van der Waals surface area contributed by atoms with Crippen LogP contribution in [0.3, 0.4) is 0 Å². The van der Waals surface area contributed by atoms with Gasteiger partial charge in [0.05, 0.1) is 29.4 Å². The van der Waals surface area contributed by atoms with Crippen LogP contribution >= 0.6 is 23.2 Å². The first-order chi connectivity index (χ1) is 19.3. The van der Waals surface area contributed by atoms with Gasteiger partial charge in [0.2, 0.25) is 5.88 Å². The van der Waals surface area contributed by atoms with Crippen molar-refractivity contribution < 1.29 is 41.0 Å². The number of sulfonamides is 1. The van der Waals surface area contributed by atoms with Gasteiger partial charge in [-0.1, -0.05) is 47.5 Å². The van der Waals surface area contributed by atoms with Crippen LogP contribution in [0.1, 0.15) is 36.5 Å². The first kappa shape index (κ1) is 30.5. The molecular weight excluding hydrogens is 608 g/mol. The molecule has 1 aliphatic heterocycles. The number of ether oxygens (including phenoxy) is 2. The summed E-state index contributed by atoms with van der Waals surface area (Å²) in [5.74, 6) is -1.12. The van der Waals surface area contributed by atoms with Crippen LogP contribution in [0.4, 0.5) is 18.9 Å². The number of rotatable bonds is 9. The minimum atomic E-state index is -4.65. The maximum absolute atomic E-state index is 14.0. The van der Waals surface area contributed by atoms with Gasteiger partial charge in [-0.3, -0.25) is 9.10 Å². The van der Waals surface area contributed by atoms with Crippen LogP contribution in [0.15, 0.2) is 53.6 Å². The maximum atomic E-state index is 14.0. The number of aromatic nitrogens is 1. The summed E-state index contributed by atoms with van der Waals surface area (Å²) in [4.78, 5) is 14.9. The topological polar surface area (TPSA) is 106 Å². The van der Waals surface area contributed by atoms with Crippen LogP contribution in [0, 0.1) is 0 Å². The van der Waals surface area contributed by atoms with E-state index in [0.717, 1.165) is 10.4 Å². The lowest BCUT2D eigenvalue weighted by atomic mass is 10.0. The molecule has 0 radical (unpaired) electrons. The molecule has 0 saturated heterocycles. The zero-order chi connectivity index (χ0) is 29.9. The first-order valence-electron chi connectivity index (χ1n) is 12.2. The lowest BCUT2D eigenvalue weighted by Gasteiger charge is -2.35. The van der Waals surface area contributed by atoms with E-state index in [2.05, 4.69) is 4.98 Å². The quantitative estimate of drug-likeness (QED) is 0.259. The molecule has 0 saturated carbocycles. The fourth-order valence-corrected chi connectivity index (χ4v) is 6.25. The highest BCUT2D eigenvalue weighted by molar-refractivity contribution is 7.93. The van der Waals surface area contributed by atoms with Gasteiger partial charge < -0.3 is 14.6 Å². The van der Waals surface area contributed by atoms with Crippen molar-refractivity contribution in [1.82, 2.24) is 4.98 Å². The monoisotopic (exact) mass is 630 g/mol. The second-order valence-electron chi connectivity index (χ2n) is 8.86. The van der Waals surface area contributed by atoms with Gasteiger partial charge in [0.25, 0.3) is 10.0 Å². The zero-order valence-electron chi connectivity index (χ0n) is 21.4. The summed E-state index contributed by atoms with van der Waals surface area (Å²) in [6.07, 6.45) is -1.91. The van der Waals surface area contributed by atoms with Gasteiger partial charge in [-0.25, -0.2) is 13.4 Å². The fourth-order valence-electron chi connectivity index (χ4n) is 4.18. The summed E-state index contributed by atoms with van der Waals surface area (Å²) in [6.45, 7) is 1.52. The van der Waals surface area contributed by atoms with E-state index in [-0.39, 0.29) is 63.8 Å². The summed E-state index contributed by atoms with van der Waals surface area (Å²) in [7, 11) is -4.40. The van der Waals surface area contributed by atoms with Crippen LogP contribution < -0.4 is 13.8 Å². The van der Waals surface area contributed by atoms with E-state index >= 15 is 0 Å². The van der Waals surface area contributed by atoms with Crippen LogP contribution in [0.25, 0.3) is 12.2 Å². The number of hydrogen-bond donors (Lipinski definition) is 1. The van der Waals surface area contributed by atoms with Gasteiger partial charge in [0, 0.05) is 23.2 Å². The molecule has 2 aromatic carbocycles. The average molecular weight is 631 g/mol. The van der Waals surface area contributed by atoms with E-state index in [0.29, 0.717) is 5.56 Å². The van der Waals surface area contributed by atoms with Crippen molar-refractivity contribution in [2.75, 3.05) is 17.5 Å². The van der Waals surface area contributed by atoms with E-state index in [9.17, 15) is 26.4 Å². The number of pyridine rings is 1. The summed E-state index contributed by atoms with van der Waals surface area (Å²) in [5.41, 5.74) is -0.750. The smallest absolute Gasteiger partial charge is 0.417 e. The average Bonchev–Trinajstić information content (AvgIpc) is 2.91. The molecule has 14 heteroatoms. The molecule has 3 aromatic rings. The second kappa shape index (κ2) is 12.2. The molecule has 8 nitrogen and oxygen atoms in total. The Balaban J connectivity index is 1.80. The van der Waals surface area contributed by atoms with Gasteiger partial charge in [-0.05, 0) is 49.2 Å². The van der Waals surface area contributed by atoms with Crippen molar-refractivity contribution in [2.24, 2.45) is 0 Å². The Bertz CT molecular complexity index is 1600. The lowest BCUT2D eigenvalue weighted by Crippen LogP contribution is -2.44. The standard InChI is InChI=1S/C27H23Cl2F3N2O6S/c1-2-39-26-24(13-17(28)14-33-26)41(37,38)34-15-18(8-11-25(35)36)40-23-10-7-16(12-22(23)34)6-9-19-20(27(30,31)32)4-3-5-21(19)29/h3-7,9-10,12-14,18H,2,8,11,15H2,1H3,(H,35,36). The molecule has 1 atom stereocenters. The predicted molar refractivity (Wildman–Crippen MR) is 148 cm³/mol. The van der Waals surface area contributed by atoms with E-state index in [4.69, 9.17) is 37.8 Å². The number of nitrogens with zero attached hydrogens (tertiary/aromatic N) is 2. The summed E-state index contributed by atoms with van der Waals surface area (Å²) < 4.78 is 81.0. The Morgan fingerprint density at radius 2 is 1.98 bits per heavy atom. The number of hydrogen-bond acceptors (Lipinski definition) is 6. The van der Waals surface area contributed by atoms with Crippen molar-refractivity contribution in [3.05, 3.63) is 75.4 Å². The number of carboxylic acids is 1. The molecular formula is C27H23Cl2F3N2O6S. The van der Waals surface area contributed by atoms with Gasteiger partial charge in [0.15, 0.2) is 4.90 Å². The van der Waals surface area contributed by atoms with E-state index in [1.54, 1.807) is 6.92 Å². The van der Waals surface area contributed by atoms with Gasteiger partial charge in [0.1, 0.15) is 11.9 Å². The van der Waals surface area contributed by atoms with E-state index in [1.807, 2.05) is 0 Å². The molecule has 1 N–H and O–H groups in total. The fraction of sp³-hybridized carbons (Fsp3) is 0.259. The summed E-state index contributed by atoms with van der Waals surface area (Å²) >= 11 is 12.1. The third-order valence-electron chi connectivity index (χ3n) is 6.03. The van der Waals surface area contributed by atoms with Gasteiger partial charge in [-0.2, -0.15) is 13.2 Å². The number of alkyl halides is 3. The molecule has 218 valence electrons. The number of halogens is 5. The van der Waals surface area contributed by atoms with Crippen molar-refractivity contribution in [3.8, 4) is 11.6 Å². The summed E-state index contributed by atoms with van der Waals surface area (Å²) in [5, 5.41) is 9.06. The Kier molecular flexibility index (Phi) is 9.05. The Morgan fingerprint density at radius 1 is 1.22 bits per heavy atom. The third-order valence-corrected chi connectivity index (χ3v) is 8.34. The number of aliphatic carboxylic acids is 1. The Hall–Kier alpha value is -3.48. The molecule has 0 spiro atoms. The zero-order valence-corrected chi connectivity index (χ0v) is 23.7. The van der Waals surface area contributed by atoms with Crippen LogP contribution in [0.5, 0.6) is 11.6 Å². The number of anilines is 1. The Labute approximate surface area is 244 Å². The van der Waals surface area contributed by atoms with Crippen LogP contribution in [-0.2, 0) is 21.0 Å². The van der Waals surface area contributed by atoms with Crippen LogP contribution in [0.2, 0.25) is 10.0 Å². The largest absolute Gasteiger partial charge is 0.486 e. The van der Waals surface area contributed by atoms with Crippen molar-refractivity contribution in [2.45, 2.75) is 36.9 Å². The van der Waals surface area contributed by atoms with E-state index < -0.39 is 33.8 Å². The second-order valence-corrected chi connectivity index (χ2v) is 11.5. The molecule has 0 aliphatic carbocycles. The molecule has 1 aliphatic rings. The number of benzene rings is 2. The minimum Gasteiger partial charge on any atom is -0.486 e. The number of fused-ring (bicyclic) bond motifs is 1. The van der Waals surface area contributed by atoms with Gasteiger partial charge in [-0.15, -0.1) is 0 Å². The van der Waals surface area contributed by atoms with Crippen molar-refractivity contribution in [3.63, 3.8) is 0 Å². The molecule has 4 rings (SSSR count). The SMILES string of the molecule is CCOc1ncc(Cl)cc1S(=O)(=O)N1CC(CCC(=O)O)Oc2ccc(C=Cc3c(Cl)cccc3C(F)(F)F)cc21. The molecule has 0 amide bonds. The lowest BCUT2D eigenvalue weighted by molar-refractivity contribution is -0.138. The number of carbonyl (C=O) groups is 1.